The molecule has 98 valence electrons. The Bertz CT molecular complexity index is 422. The fraction of sp³-hybridized carbons (Fsp3) is 0.538. The second kappa shape index (κ2) is 5.80. The molecule has 2 atom stereocenters. The Balaban J connectivity index is 2.10. The fourth-order valence-electron chi connectivity index (χ4n) is 2.38. The average molecular weight is 313 g/mol. The minimum Gasteiger partial charge on any atom is -0.391 e. The molecule has 1 fully saturated rings. The van der Waals surface area contributed by atoms with Crippen molar-refractivity contribution >= 4 is 21.8 Å². The first kappa shape index (κ1) is 13.5. The third-order valence-corrected chi connectivity index (χ3v) is 3.93. The molecule has 0 spiro atoms. The molecule has 4 nitrogen and oxygen atoms in total. The average Bonchev–Trinajstić information content (AvgIpc) is 2.38. The Morgan fingerprint density at radius 2 is 2.17 bits per heavy atom. The zero-order valence-electron chi connectivity index (χ0n) is 10.3. The molecule has 1 aliphatic rings. The summed E-state index contributed by atoms with van der Waals surface area (Å²) < 4.78 is 0.847. The number of likely N-dealkylation sites (N-methyl/N-ethyl adjacent to an activating group) is 1. The van der Waals surface area contributed by atoms with Crippen LogP contribution in [0.5, 0.6) is 0 Å². The summed E-state index contributed by atoms with van der Waals surface area (Å²) in [6.45, 7) is 0. The quantitative estimate of drug-likeness (QED) is 0.911. The van der Waals surface area contributed by atoms with E-state index in [1.807, 2.05) is 0 Å². The number of hydrogen-bond acceptors (Lipinski definition) is 3. The molecule has 0 aliphatic heterocycles. The highest BCUT2D eigenvalue weighted by molar-refractivity contribution is 9.10. The van der Waals surface area contributed by atoms with Crippen molar-refractivity contribution in [3.63, 3.8) is 0 Å². The van der Waals surface area contributed by atoms with Crippen LogP contribution >= 0.6 is 15.9 Å². The molecular formula is C13H17BrN2O2. The number of carbonyl (C=O) groups excluding carboxylic acids is 1. The van der Waals surface area contributed by atoms with Gasteiger partial charge in [-0.05, 0) is 40.9 Å². The van der Waals surface area contributed by atoms with Gasteiger partial charge >= 0.3 is 0 Å². The van der Waals surface area contributed by atoms with Gasteiger partial charge in [-0.25, -0.2) is 4.98 Å². The normalized spacial score (nSPS) is 23.7. The number of amides is 1. The van der Waals surface area contributed by atoms with Gasteiger partial charge in [-0.15, -0.1) is 0 Å². The molecule has 1 aromatic heterocycles. The number of aliphatic hydroxyl groups excluding tert-OH is 1. The van der Waals surface area contributed by atoms with Crippen molar-refractivity contribution in [1.82, 2.24) is 9.88 Å². The maximum absolute atomic E-state index is 12.2. The van der Waals surface area contributed by atoms with Crippen LogP contribution in [0.2, 0.25) is 0 Å². The highest BCUT2D eigenvalue weighted by atomic mass is 79.9. The van der Waals surface area contributed by atoms with E-state index in [2.05, 4.69) is 20.9 Å². The summed E-state index contributed by atoms with van der Waals surface area (Å²) in [6, 6.07) is 3.40. The van der Waals surface area contributed by atoms with Crippen molar-refractivity contribution in [1.29, 1.82) is 0 Å². The van der Waals surface area contributed by atoms with Gasteiger partial charge in [-0.1, -0.05) is 12.8 Å². The second-order valence-corrected chi connectivity index (χ2v) is 5.61. The van der Waals surface area contributed by atoms with E-state index in [9.17, 15) is 9.90 Å². The molecule has 0 bridgehead atoms. The van der Waals surface area contributed by atoms with E-state index in [1.54, 1.807) is 30.3 Å². The number of aromatic nitrogens is 1. The van der Waals surface area contributed by atoms with Gasteiger partial charge in [-0.3, -0.25) is 4.79 Å². The fourth-order valence-corrected chi connectivity index (χ4v) is 2.61. The molecule has 1 amide bonds. The largest absolute Gasteiger partial charge is 0.391 e. The smallest absolute Gasteiger partial charge is 0.272 e. The van der Waals surface area contributed by atoms with Gasteiger partial charge in [0.25, 0.3) is 5.91 Å². The van der Waals surface area contributed by atoms with E-state index < -0.39 is 6.10 Å². The summed E-state index contributed by atoms with van der Waals surface area (Å²) in [6.07, 6.45) is 4.93. The second-order valence-electron chi connectivity index (χ2n) is 4.70. The van der Waals surface area contributed by atoms with Crippen LogP contribution in [0.4, 0.5) is 0 Å². The topological polar surface area (TPSA) is 53.4 Å². The highest BCUT2D eigenvalue weighted by Gasteiger charge is 2.30. The number of hydrogen-bond donors (Lipinski definition) is 1. The molecular weight excluding hydrogens is 296 g/mol. The van der Waals surface area contributed by atoms with Crippen LogP contribution in [0.1, 0.15) is 36.2 Å². The standard InChI is InChI=1S/C13H17BrN2O2/c1-16(11-4-2-3-5-12(11)17)13(18)10-7-6-9(14)8-15-10/h6-8,11-12,17H,2-5H2,1H3. The molecule has 2 rings (SSSR count). The zero-order valence-corrected chi connectivity index (χ0v) is 11.9. The van der Waals surface area contributed by atoms with Crippen molar-refractivity contribution in [3.05, 3.63) is 28.5 Å². The number of halogens is 1. The predicted octanol–water partition coefficient (Wildman–Crippen LogP) is 2.22. The number of rotatable bonds is 2. The molecule has 0 aromatic carbocycles. The van der Waals surface area contributed by atoms with Crippen molar-refractivity contribution in [2.24, 2.45) is 0 Å². The summed E-state index contributed by atoms with van der Waals surface area (Å²) in [4.78, 5) is 18.0. The highest BCUT2D eigenvalue weighted by Crippen LogP contribution is 2.23. The minimum absolute atomic E-state index is 0.0864. The van der Waals surface area contributed by atoms with E-state index in [0.717, 1.165) is 30.2 Å². The van der Waals surface area contributed by atoms with Crippen LogP contribution in [-0.2, 0) is 0 Å². The van der Waals surface area contributed by atoms with Gasteiger partial charge in [0.2, 0.25) is 0 Å². The van der Waals surface area contributed by atoms with Crippen molar-refractivity contribution in [2.45, 2.75) is 37.8 Å². The van der Waals surface area contributed by atoms with Gasteiger partial charge in [0, 0.05) is 17.7 Å². The molecule has 1 heterocycles. The predicted molar refractivity (Wildman–Crippen MR) is 72.3 cm³/mol. The Morgan fingerprint density at radius 1 is 1.44 bits per heavy atom. The Morgan fingerprint density at radius 3 is 2.78 bits per heavy atom. The van der Waals surface area contributed by atoms with Crippen molar-refractivity contribution in [2.75, 3.05) is 7.05 Å². The van der Waals surface area contributed by atoms with Gasteiger partial charge in [0.1, 0.15) is 5.69 Å². The molecule has 18 heavy (non-hydrogen) atoms. The molecule has 0 saturated heterocycles. The van der Waals surface area contributed by atoms with Crippen LogP contribution in [0.3, 0.4) is 0 Å². The lowest BCUT2D eigenvalue weighted by molar-refractivity contribution is 0.0264. The van der Waals surface area contributed by atoms with Gasteiger partial charge in [0.15, 0.2) is 0 Å². The van der Waals surface area contributed by atoms with Crippen molar-refractivity contribution < 1.29 is 9.90 Å². The lowest BCUT2D eigenvalue weighted by atomic mass is 9.91. The summed E-state index contributed by atoms with van der Waals surface area (Å²) in [5.74, 6) is -0.131. The maximum atomic E-state index is 12.2. The third kappa shape index (κ3) is 2.90. The van der Waals surface area contributed by atoms with Crippen LogP contribution in [0, 0.1) is 0 Å². The van der Waals surface area contributed by atoms with E-state index in [4.69, 9.17) is 0 Å². The molecule has 1 aromatic rings. The van der Waals surface area contributed by atoms with Gasteiger partial charge in [0.05, 0.1) is 12.1 Å². The first-order valence-electron chi connectivity index (χ1n) is 6.16. The zero-order chi connectivity index (χ0) is 13.1. The SMILES string of the molecule is CN(C(=O)c1ccc(Br)cn1)C1CCCCC1O. The molecule has 0 radical (unpaired) electrons. The molecule has 1 saturated carbocycles. The Kier molecular flexibility index (Phi) is 4.35. The van der Waals surface area contributed by atoms with E-state index in [-0.39, 0.29) is 11.9 Å². The van der Waals surface area contributed by atoms with E-state index in [0.29, 0.717) is 5.69 Å². The van der Waals surface area contributed by atoms with Crippen LogP contribution in [0.25, 0.3) is 0 Å². The molecule has 2 unspecified atom stereocenters. The molecule has 5 heteroatoms. The Hall–Kier alpha value is -0.940. The first-order chi connectivity index (χ1) is 8.59. The number of pyridine rings is 1. The third-order valence-electron chi connectivity index (χ3n) is 3.46. The number of carbonyl (C=O) groups is 1. The summed E-state index contributed by atoms with van der Waals surface area (Å²) in [5, 5.41) is 9.96. The molecule has 1 aliphatic carbocycles. The van der Waals surface area contributed by atoms with Gasteiger partial charge in [-0.2, -0.15) is 0 Å². The maximum Gasteiger partial charge on any atom is 0.272 e. The molecule has 1 N–H and O–H groups in total. The van der Waals surface area contributed by atoms with Crippen LogP contribution in [0.15, 0.2) is 22.8 Å². The van der Waals surface area contributed by atoms with E-state index in [1.165, 1.54) is 0 Å². The monoisotopic (exact) mass is 312 g/mol. The van der Waals surface area contributed by atoms with Gasteiger partial charge < -0.3 is 10.0 Å². The number of aliphatic hydroxyl groups is 1. The first-order valence-corrected chi connectivity index (χ1v) is 6.95. The van der Waals surface area contributed by atoms with Crippen molar-refractivity contribution in [3.8, 4) is 0 Å². The minimum atomic E-state index is -0.414. The summed E-state index contributed by atoms with van der Waals surface area (Å²) >= 11 is 3.29. The summed E-state index contributed by atoms with van der Waals surface area (Å²) in [7, 11) is 1.74. The lowest BCUT2D eigenvalue weighted by Crippen LogP contribution is -2.46. The summed E-state index contributed by atoms with van der Waals surface area (Å²) in [5.41, 5.74) is 0.415. The van der Waals surface area contributed by atoms with Crippen LogP contribution in [-0.4, -0.2) is 40.1 Å². The number of nitrogens with zero attached hydrogens (tertiary/aromatic N) is 2. The van der Waals surface area contributed by atoms with Crippen LogP contribution < -0.4 is 0 Å². The Labute approximate surface area is 115 Å². The van der Waals surface area contributed by atoms with E-state index >= 15 is 0 Å². The lowest BCUT2D eigenvalue weighted by Gasteiger charge is -2.35.